The highest BCUT2D eigenvalue weighted by Crippen LogP contribution is 2.40. The van der Waals surface area contributed by atoms with E-state index < -0.39 is 0 Å². The van der Waals surface area contributed by atoms with E-state index in [1.807, 2.05) is 7.05 Å². The van der Waals surface area contributed by atoms with Gasteiger partial charge in [-0.2, -0.15) is 0 Å². The molecular formula is C22H38N4O. The Balaban J connectivity index is 1.65. The normalized spacial score (nSPS) is 16.7. The van der Waals surface area contributed by atoms with E-state index in [1.54, 1.807) is 7.11 Å². The zero-order valence-electron chi connectivity index (χ0n) is 17.5. The van der Waals surface area contributed by atoms with Crippen molar-refractivity contribution in [2.24, 2.45) is 10.4 Å². The first-order chi connectivity index (χ1) is 13.2. The van der Waals surface area contributed by atoms with Gasteiger partial charge in [-0.3, -0.25) is 4.99 Å². The zero-order valence-corrected chi connectivity index (χ0v) is 17.5. The lowest BCUT2D eigenvalue weighted by atomic mass is 9.83. The van der Waals surface area contributed by atoms with Gasteiger partial charge in [-0.05, 0) is 50.3 Å². The van der Waals surface area contributed by atoms with Crippen molar-refractivity contribution in [1.29, 1.82) is 0 Å². The van der Waals surface area contributed by atoms with Gasteiger partial charge in [0.05, 0.1) is 0 Å². The van der Waals surface area contributed by atoms with E-state index >= 15 is 0 Å². The number of ether oxygens (including phenoxy) is 1. The summed E-state index contributed by atoms with van der Waals surface area (Å²) < 4.78 is 5.33. The number of nitrogens with one attached hydrogen (secondary N) is 2. The summed E-state index contributed by atoms with van der Waals surface area (Å²) in [5, 5.41) is 7.03. The number of aliphatic imine (C=N–C) groups is 1. The summed E-state index contributed by atoms with van der Waals surface area (Å²) in [4.78, 5) is 6.76. The second-order valence-corrected chi connectivity index (χ2v) is 7.88. The van der Waals surface area contributed by atoms with Gasteiger partial charge < -0.3 is 20.3 Å². The van der Waals surface area contributed by atoms with Crippen LogP contribution in [0, 0.1) is 5.41 Å². The van der Waals surface area contributed by atoms with Gasteiger partial charge in [0.2, 0.25) is 0 Å². The SMILES string of the molecule is CN=C(NCCCN(C)Cc1ccccc1)NCC1(CCOC)CCCC1. The van der Waals surface area contributed by atoms with Gasteiger partial charge in [-0.25, -0.2) is 0 Å². The molecule has 0 aromatic heterocycles. The Bertz CT molecular complexity index is 541. The molecule has 0 aliphatic heterocycles. The predicted molar refractivity (Wildman–Crippen MR) is 114 cm³/mol. The third-order valence-electron chi connectivity index (χ3n) is 5.66. The maximum absolute atomic E-state index is 5.33. The van der Waals surface area contributed by atoms with Crippen molar-refractivity contribution in [2.45, 2.75) is 45.1 Å². The predicted octanol–water partition coefficient (Wildman–Crippen LogP) is 3.27. The number of guanidine groups is 1. The molecule has 1 aromatic carbocycles. The Morgan fingerprint density at radius 3 is 2.59 bits per heavy atom. The van der Waals surface area contributed by atoms with Gasteiger partial charge in [0.25, 0.3) is 0 Å². The summed E-state index contributed by atoms with van der Waals surface area (Å²) in [6, 6.07) is 10.6. The van der Waals surface area contributed by atoms with Crippen molar-refractivity contribution < 1.29 is 4.74 Å². The van der Waals surface area contributed by atoms with Crippen LogP contribution in [0.5, 0.6) is 0 Å². The molecular weight excluding hydrogens is 336 g/mol. The van der Waals surface area contributed by atoms with Crippen LogP contribution in [-0.2, 0) is 11.3 Å². The molecule has 0 atom stereocenters. The lowest BCUT2D eigenvalue weighted by Crippen LogP contribution is -2.44. The van der Waals surface area contributed by atoms with Crippen LogP contribution in [-0.4, -0.2) is 58.3 Å². The number of rotatable bonds is 11. The molecule has 0 amide bonds. The summed E-state index contributed by atoms with van der Waals surface area (Å²) >= 11 is 0. The van der Waals surface area contributed by atoms with Crippen molar-refractivity contribution in [3.8, 4) is 0 Å². The van der Waals surface area contributed by atoms with Crippen LogP contribution in [0.15, 0.2) is 35.3 Å². The number of hydrogen-bond acceptors (Lipinski definition) is 3. The molecule has 0 saturated heterocycles. The Labute approximate surface area is 165 Å². The van der Waals surface area contributed by atoms with E-state index in [9.17, 15) is 0 Å². The van der Waals surface area contributed by atoms with Gasteiger partial charge >= 0.3 is 0 Å². The molecule has 0 spiro atoms. The van der Waals surface area contributed by atoms with Gasteiger partial charge in [0.15, 0.2) is 5.96 Å². The molecule has 27 heavy (non-hydrogen) atoms. The van der Waals surface area contributed by atoms with Crippen molar-refractivity contribution in [1.82, 2.24) is 15.5 Å². The van der Waals surface area contributed by atoms with E-state index in [0.29, 0.717) is 5.41 Å². The Kier molecular flexibility index (Phi) is 9.64. The molecule has 1 aromatic rings. The Hall–Kier alpha value is -1.59. The van der Waals surface area contributed by atoms with Crippen LogP contribution in [0.3, 0.4) is 0 Å². The first-order valence-electron chi connectivity index (χ1n) is 10.3. The van der Waals surface area contributed by atoms with Gasteiger partial charge in [0, 0.05) is 40.4 Å². The molecule has 2 N–H and O–H groups in total. The van der Waals surface area contributed by atoms with Crippen LogP contribution in [0.2, 0.25) is 0 Å². The minimum Gasteiger partial charge on any atom is -0.385 e. The summed E-state index contributed by atoms with van der Waals surface area (Å²) in [6.07, 6.45) is 7.50. The number of methoxy groups -OCH3 is 1. The quantitative estimate of drug-likeness (QED) is 0.355. The van der Waals surface area contributed by atoms with Crippen LogP contribution in [0.4, 0.5) is 0 Å². The molecule has 152 valence electrons. The molecule has 5 heteroatoms. The summed E-state index contributed by atoms with van der Waals surface area (Å²) in [5.74, 6) is 0.921. The van der Waals surface area contributed by atoms with Crippen molar-refractivity contribution in [2.75, 3.05) is 47.4 Å². The fourth-order valence-corrected chi connectivity index (χ4v) is 3.98. The van der Waals surface area contributed by atoms with Crippen molar-refractivity contribution >= 4 is 5.96 Å². The highest BCUT2D eigenvalue weighted by atomic mass is 16.5. The fraction of sp³-hybridized carbons (Fsp3) is 0.682. The van der Waals surface area contributed by atoms with Gasteiger partial charge in [-0.1, -0.05) is 43.2 Å². The van der Waals surface area contributed by atoms with Gasteiger partial charge in [0.1, 0.15) is 0 Å². The van der Waals surface area contributed by atoms with E-state index in [1.165, 1.54) is 31.2 Å². The maximum Gasteiger partial charge on any atom is 0.190 e. The fourth-order valence-electron chi connectivity index (χ4n) is 3.98. The highest BCUT2D eigenvalue weighted by molar-refractivity contribution is 5.79. The Morgan fingerprint density at radius 2 is 1.93 bits per heavy atom. The Morgan fingerprint density at radius 1 is 1.19 bits per heavy atom. The highest BCUT2D eigenvalue weighted by Gasteiger charge is 2.33. The summed E-state index contributed by atoms with van der Waals surface area (Å²) in [5.41, 5.74) is 1.74. The van der Waals surface area contributed by atoms with Crippen molar-refractivity contribution in [3.05, 3.63) is 35.9 Å². The lowest BCUT2D eigenvalue weighted by Gasteiger charge is -2.30. The third kappa shape index (κ3) is 7.89. The van der Waals surface area contributed by atoms with Crippen LogP contribution >= 0.6 is 0 Å². The molecule has 1 aliphatic carbocycles. The summed E-state index contributed by atoms with van der Waals surface area (Å²) in [7, 11) is 5.83. The molecule has 0 bridgehead atoms. The largest absolute Gasteiger partial charge is 0.385 e. The van der Waals surface area contributed by atoms with Crippen molar-refractivity contribution in [3.63, 3.8) is 0 Å². The van der Waals surface area contributed by atoms with Crippen LogP contribution < -0.4 is 10.6 Å². The molecule has 5 nitrogen and oxygen atoms in total. The second-order valence-electron chi connectivity index (χ2n) is 7.88. The van der Waals surface area contributed by atoms with E-state index in [2.05, 4.69) is 57.9 Å². The second kappa shape index (κ2) is 12.0. The number of nitrogens with zero attached hydrogens (tertiary/aromatic N) is 2. The third-order valence-corrected chi connectivity index (χ3v) is 5.66. The van der Waals surface area contributed by atoms with E-state index in [0.717, 1.165) is 51.6 Å². The van der Waals surface area contributed by atoms with Gasteiger partial charge in [-0.15, -0.1) is 0 Å². The molecule has 1 aliphatic rings. The van der Waals surface area contributed by atoms with Crippen LogP contribution in [0.1, 0.15) is 44.1 Å². The minimum atomic E-state index is 0.379. The molecule has 0 heterocycles. The molecule has 0 radical (unpaired) electrons. The minimum absolute atomic E-state index is 0.379. The lowest BCUT2D eigenvalue weighted by molar-refractivity contribution is 0.138. The average Bonchev–Trinajstić information content (AvgIpc) is 3.16. The number of benzene rings is 1. The molecule has 1 fully saturated rings. The van der Waals surface area contributed by atoms with E-state index in [-0.39, 0.29) is 0 Å². The molecule has 2 rings (SSSR count). The molecule has 1 saturated carbocycles. The molecule has 0 unspecified atom stereocenters. The smallest absolute Gasteiger partial charge is 0.190 e. The zero-order chi connectivity index (χ0) is 19.4. The maximum atomic E-state index is 5.33. The summed E-state index contributed by atoms with van der Waals surface area (Å²) in [6.45, 7) is 4.84. The van der Waals surface area contributed by atoms with E-state index in [4.69, 9.17) is 4.74 Å². The topological polar surface area (TPSA) is 48.9 Å². The monoisotopic (exact) mass is 374 g/mol. The number of hydrogen-bond donors (Lipinski definition) is 2. The first kappa shape index (κ1) is 21.7. The standard InChI is InChI=1S/C22H38N4O/c1-23-21(25-19-22(14-17-27-3)12-7-8-13-22)24-15-9-16-26(2)18-20-10-5-4-6-11-20/h4-6,10-11H,7-9,12-19H2,1-3H3,(H2,23,24,25). The average molecular weight is 375 g/mol. The first-order valence-corrected chi connectivity index (χ1v) is 10.3. The van der Waals surface area contributed by atoms with Crippen LogP contribution in [0.25, 0.3) is 0 Å².